The molecular weight excluding hydrogens is 411 g/mol. The minimum absolute atomic E-state index is 0.0265. The van der Waals surface area contributed by atoms with E-state index in [9.17, 15) is 23.1 Å². The van der Waals surface area contributed by atoms with E-state index in [1.54, 1.807) is 13.0 Å². The molecule has 1 aliphatic heterocycles. The molecule has 2 N–H and O–H groups in total. The Morgan fingerprint density at radius 1 is 1.23 bits per heavy atom. The number of aliphatic hydroxyl groups excluding tert-OH is 1. The van der Waals surface area contributed by atoms with Gasteiger partial charge in [-0.3, -0.25) is 4.79 Å². The Kier molecular flexibility index (Phi) is 5.55. The average Bonchev–Trinajstić information content (AvgIpc) is 2.67. The number of carbonyl (C=O) groups is 1. The summed E-state index contributed by atoms with van der Waals surface area (Å²) in [5.74, 6) is 0.741. The number of ether oxygens (including phenoxy) is 1. The van der Waals surface area contributed by atoms with E-state index in [1.165, 1.54) is 18.2 Å². The Morgan fingerprint density at radius 3 is 2.45 bits per heavy atom. The average molecular weight is 435 g/mol. The Morgan fingerprint density at radius 2 is 1.94 bits per heavy atom. The summed E-state index contributed by atoms with van der Waals surface area (Å²) in [4.78, 5) is 19.2. The van der Waals surface area contributed by atoms with Crippen LogP contribution in [0.3, 0.4) is 0 Å². The lowest BCUT2D eigenvalue weighted by atomic mass is 9.68. The maximum absolute atomic E-state index is 12.8. The Balaban J connectivity index is 1.62. The molecule has 0 unspecified atom stereocenters. The van der Waals surface area contributed by atoms with Gasteiger partial charge in [-0.05, 0) is 69.0 Å². The highest BCUT2D eigenvalue weighted by atomic mass is 19.4. The predicted molar refractivity (Wildman–Crippen MR) is 108 cm³/mol. The van der Waals surface area contributed by atoms with Gasteiger partial charge in [0.15, 0.2) is 11.6 Å². The van der Waals surface area contributed by atoms with Gasteiger partial charge in [-0.15, -0.1) is 0 Å². The number of halogens is 3. The number of rotatable bonds is 6. The maximum atomic E-state index is 12.8. The van der Waals surface area contributed by atoms with E-state index < -0.39 is 23.7 Å². The van der Waals surface area contributed by atoms with Crippen molar-refractivity contribution in [1.82, 2.24) is 10.3 Å². The molecule has 1 atom stereocenters. The number of hydrogen-bond donors (Lipinski definition) is 2. The van der Waals surface area contributed by atoms with Gasteiger partial charge in [0.1, 0.15) is 11.4 Å². The zero-order chi connectivity index (χ0) is 22.2. The summed E-state index contributed by atoms with van der Waals surface area (Å²) >= 11 is 0. The quantitative estimate of drug-likeness (QED) is 0.714. The van der Waals surface area contributed by atoms with Crippen molar-refractivity contribution in [3.05, 3.63) is 47.7 Å². The van der Waals surface area contributed by atoms with Crippen LogP contribution in [0.5, 0.6) is 11.5 Å². The molecule has 1 amide bonds. The fourth-order valence-corrected chi connectivity index (χ4v) is 3.99. The van der Waals surface area contributed by atoms with Crippen molar-refractivity contribution in [1.29, 1.82) is 0 Å². The zero-order valence-corrected chi connectivity index (χ0v) is 17.1. The van der Waals surface area contributed by atoms with Crippen LogP contribution >= 0.6 is 0 Å². The molecule has 1 aromatic heterocycles. The maximum Gasteiger partial charge on any atom is 0.416 e. The second-order valence-corrected chi connectivity index (χ2v) is 8.18. The third-order valence-electron chi connectivity index (χ3n) is 6.05. The first-order valence-electron chi connectivity index (χ1n) is 10.3. The lowest BCUT2D eigenvalue weighted by Gasteiger charge is -2.59. The Bertz CT molecular complexity index is 953. The Hall–Kier alpha value is -2.81. The SMILES string of the molecule is C[C@H](CO)NC(=O)c1ccc(Oc2ccc(C(F)(F)F)cc2)c(N2CCC23CCC3)n1. The number of nitrogens with one attached hydrogen (secondary N) is 1. The minimum Gasteiger partial charge on any atom is -0.453 e. The highest BCUT2D eigenvalue weighted by molar-refractivity contribution is 5.93. The fourth-order valence-electron chi connectivity index (χ4n) is 3.99. The molecule has 166 valence electrons. The largest absolute Gasteiger partial charge is 0.453 e. The molecule has 6 nitrogen and oxygen atoms in total. The first-order chi connectivity index (χ1) is 14.7. The molecule has 0 radical (unpaired) electrons. The fraction of sp³-hybridized carbons (Fsp3) is 0.455. The number of amides is 1. The number of nitrogens with zero attached hydrogens (tertiary/aromatic N) is 2. The second-order valence-electron chi connectivity index (χ2n) is 8.18. The highest BCUT2D eigenvalue weighted by Gasteiger charge is 2.50. The van der Waals surface area contributed by atoms with E-state index in [0.717, 1.165) is 44.4 Å². The van der Waals surface area contributed by atoms with E-state index in [-0.39, 0.29) is 23.6 Å². The van der Waals surface area contributed by atoms with Crippen LogP contribution in [0.25, 0.3) is 0 Å². The third kappa shape index (κ3) is 4.19. The van der Waals surface area contributed by atoms with Gasteiger partial charge in [0.2, 0.25) is 0 Å². The lowest BCUT2D eigenvalue weighted by Crippen LogP contribution is -2.64. The van der Waals surface area contributed by atoms with Gasteiger partial charge in [0.25, 0.3) is 5.91 Å². The standard InChI is InChI=1S/C22H24F3N3O3/c1-14(13-29)26-20(30)17-7-8-18(19(27-17)28-12-11-21(28)9-2-10-21)31-16-5-3-15(4-6-16)22(23,24)25/h3-8,14,29H,2,9-13H2,1H3,(H,26,30)/t14-/m1/s1. The molecule has 31 heavy (non-hydrogen) atoms. The normalized spacial score (nSPS) is 18.2. The first kappa shape index (κ1) is 21.4. The highest BCUT2D eigenvalue weighted by Crippen LogP contribution is 2.51. The molecule has 2 fully saturated rings. The van der Waals surface area contributed by atoms with Gasteiger partial charge in [-0.2, -0.15) is 13.2 Å². The summed E-state index contributed by atoms with van der Waals surface area (Å²) in [5, 5.41) is 11.8. The summed E-state index contributed by atoms with van der Waals surface area (Å²) in [6, 6.07) is 7.19. The van der Waals surface area contributed by atoms with Gasteiger partial charge >= 0.3 is 6.18 Å². The first-order valence-corrected chi connectivity index (χ1v) is 10.3. The molecule has 1 saturated heterocycles. The van der Waals surface area contributed by atoms with Gasteiger partial charge < -0.3 is 20.1 Å². The molecule has 2 aliphatic rings. The van der Waals surface area contributed by atoms with E-state index in [4.69, 9.17) is 4.74 Å². The van der Waals surface area contributed by atoms with Gasteiger partial charge in [-0.25, -0.2) is 4.98 Å². The number of anilines is 1. The van der Waals surface area contributed by atoms with Crippen molar-refractivity contribution in [2.75, 3.05) is 18.1 Å². The topological polar surface area (TPSA) is 74.7 Å². The van der Waals surface area contributed by atoms with Crippen LogP contribution in [0, 0.1) is 0 Å². The van der Waals surface area contributed by atoms with Gasteiger partial charge in [-0.1, -0.05) is 0 Å². The number of aliphatic hydroxyl groups is 1. The number of alkyl halides is 3. The molecule has 2 aromatic rings. The van der Waals surface area contributed by atoms with E-state index >= 15 is 0 Å². The van der Waals surface area contributed by atoms with E-state index in [2.05, 4.69) is 15.2 Å². The minimum atomic E-state index is -4.42. The predicted octanol–water partition coefficient (Wildman–Crippen LogP) is 4.14. The molecule has 0 bridgehead atoms. The van der Waals surface area contributed by atoms with Crippen LogP contribution in [0.2, 0.25) is 0 Å². The van der Waals surface area contributed by atoms with Crippen molar-refractivity contribution in [2.45, 2.75) is 50.4 Å². The lowest BCUT2D eigenvalue weighted by molar-refractivity contribution is -0.137. The number of pyridine rings is 1. The van der Waals surface area contributed by atoms with Crippen LogP contribution in [0.15, 0.2) is 36.4 Å². The van der Waals surface area contributed by atoms with Gasteiger partial charge in [0.05, 0.1) is 12.2 Å². The molecule has 1 aromatic carbocycles. The summed E-state index contributed by atoms with van der Waals surface area (Å²) in [5.41, 5.74) is -0.533. The third-order valence-corrected chi connectivity index (χ3v) is 6.05. The summed E-state index contributed by atoms with van der Waals surface area (Å²) in [7, 11) is 0. The molecule has 9 heteroatoms. The second kappa shape index (κ2) is 8.03. The van der Waals surface area contributed by atoms with Crippen molar-refractivity contribution < 1.29 is 27.8 Å². The van der Waals surface area contributed by atoms with E-state index in [0.29, 0.717) is 11.6 Å². The number of aromatic nitrogens is 1. The monoisotopic (exact) mass is 435 g/mol. The zero-order valence-electron chi connectivity index (χ0n) is 17.1. The number of hydrogen-bond acceptors (Lipinski definition) is 5. The number of benzene rings is 1. The van der Waals surface area contributed by atoms with Crippen molar-refractivity contribution in [2.24, 2.45) is 0 Å². The molecule has 4 rings (SSSR count). The van der Waals surface area contributed by atoms with Crippen molar-refractivity contribution >= 4 is 11.7 Å². The molecule has 1 aliphatic carbocycles. The summed E-state index contributed by atoms with van der Waals surface area (Å²) in [6.45, 7) is 2.26. The summed E-state index contributed by atoms with van der Waals surface area (Å²) < 4.78 is 44.4. The van der Waals surface area contributed by atoms with Crippen molar-refractivity contribution in [3.63, 3.8) is 0 Å². The molecule has 1 saturated carbocycles. The van der Waals surface area contributed by atoms with E-state index in [1.807, 2.05) is 0 Å². The van der Waals surface area contributed by atoms with Crippen LogP contribution in [0.4, 0.5) is 19.0 Å². The smallest absolute Gasteiger partial charge is 0.416 e. The van der Waals surface area contributed by atoms with Crippen LogP contribution in [-0.4, -0.2) is 40.7 Å². The van der Waals surface area contributed by atoms with Crippen LogP contribution < -0.4 is 15.0 Å². The van der Waals surface area contributed by atoms with Gasteiger partial charge in [0, 0.05) is 18.1 Å². The van der Waals surface area contributed by atoms with Crippen LogP contribution in [-0.2, 0) is 6.18 Å². The molecular formula is C22H24F3N3O3. The molecule has 1 spiro atoms. The molecule has 2 heterocycles. The Labute approximate surface area is 178 Å². The van der Waals surface area contributed by atoms with Crippen molar-refractivity contribution in [3.8, 4) is 11.5 Å². The number of carbonyl (C=O) groups excluding carboxylic acids is 1. The van der Waals surface area contributed by atoms with Crippen LogP contribution in [0.1, 0.15) is 48.7 Å². The summed E-state index contributed by atoms with van der Waals surface area (Å²) in [6.07, 6.45) is -0.189.